The molecule has 0 saturated carbocycles. The Morgan fingerprint density at radius 1 is 1.29 bits per heavy atom. The summed E-state index contributed by atoms with van der Waals surface area (Å²) >= 11 is 0. The molecule has 1 aromatic heterocycles. The molecule has 0 spiro atoms. The summed E-state index contributed by atoms with van der Waals surface area (Å²) in [5, 5.41) is 4.74. The van der Waals surface area contributed by atoms with Crippen molar-refractivity contribution in [2.24, 2.45) is 11.7 Å². The molecule has 1 atom stereocenters. The van der Waals surface area contributed by atoms with Gasteiger partial charge in [-0.3, -0.25) is 0 Å². The highest BCUT2D eigenvalue weighted by Gasteiger charge is 2.27. The Balaban J connectivity index is 2.05. The summed E-state index contributed by atoms with van der Waals surface area (Å²) in [4.78, 5) is 2.46. The van der Waals surface area contributed by atoms with E-state index in [0.717, 1.165) is 30.4 Å². The minimum absolute atomic E-state index is 0.543. The van der Waals surface area contributed by atoms with Gasteiger partial charge in [0.15, 0.2) is 0 Å². The van der Waals surface area contributed by atoms with Crippen molar-refractivity contribution in [3.63, 3.8) is 0 Å². The van der Waals surface area contributed by atoms with Crippen molar-refractivity contribution in [2.45, 2.75) is 33.2 Å². The second kappa shape index (κ2) is 5.90. The average Bonchev–Trinajstić information content (AvgIpc) is 3.11. The molecule has 2 aromatic rings. The molecular weight excluding hydrogens is 260 g/mol. The number of aromatic nitrogens is 2. The normalized spacial score (nSPS) is 18.4. The van der Waals surface area contributed by atoms with Gasteiger partial charge in [-0.05, 0) is 31.4 Å². The molecule has 4 nitrogen and oxygen atoms in total. The van der Waals surface area contributed by atoms with Crippen molar-refractivity contribution in [2.75, 3.05) is 18.0 Å². The van der Waals surface area contributed by atoms with Crippen LogP contribution in [0.3, 0.4) is 0 Å². The second-order valence-corrected chi connectivity index (χ2v) is 5.85. The third kappa shape index (κ3) is 2.56. The molecule has 1 unspecified atom stereocenters. The lowest BCUT2D eigenvalue weighted by Gasteiger charge is -2.21. The molecule has 0 amide bonds. The van der Waals surface area contributed by atoms with Crippen LogP contribution < -0.4 is 10.6 Å². The van der Waals surface area contributed by atoms with Gasteiger partial charge in [-0.1, -0.05) is 31.5 Å². The number of benzene rings is 1. The molecule has 0 bridgehead atoms. The van der Waals surface area contributed by atoms with Crippen molar-refractivity contribution < 1.29 is 0 Å². The minimum atomic E-state index is 0.543. The van der Waals surface area contributed by atoms with E-state index in [0.29, 0.717) is 6.54 Å². The monoisotopic (exact) mass is 284 g/mol. The standard InChI is InChI=1S/C17H24N4/c1-3-14-9-10-20(12-14)17-16(11-18)13(2)19-21(17)15-7-5-4-6-8-15/h4-8,14H,3,9-12,18H2,1-2H3. The number of para-hydroxylation sites is 1. The predicted molar refractivity (Wildman–Crippen MR) is 86.8 cm³/mol. The van der Waals surface area contributed by atoms with Crippen LogP contribution in [0.5, 0.6) is 0 Å². The van der Waals surface area contributed by atoms with Crippen LogP contribution in [0, 0.1) is 12.8 Å². The third-order valence-electron chi connectivity index (χ3n) is 4.52. The van der Waals surface area contributed by atoms with E-state index in [1.807, 2.05) is 6.07 Å². The van der Waals surface area contributed by atoms with E-state index >= 15 is 0 Å². The zero-order chi connectivity index (χ0) is 14.8. The molecule has 2 heterocycles. The summed E-state index contributed by atoms with van der Waals surface area (Å²) in [7, 11) is 0. The first-order valence-corrected chi connectivity index (χ1v) is 7.83. The number of nitrogens with two attached hydrogens (primary N) is 1. The summed E-state index contributed by atoms with van der Waals surface area (Å²) in [5.41, 5.74) is 9.32. The van der Waals surface area contributed by atoms with Crippen molar-refractivity contribution >= 4 is 5.82 Å². The molecular formula is C17H24N4. The average molecular weight is 284 g/mol. The van der Waals surface area contributed by atoms with E-state index in [-0.39, 0.29) is 0 Å². The van der Waals surface area contributed by atoms with Crippen molar-refractivity contribution in [1.82, 2.24) is 9.78 Å². The zero-order valence-electron chi connectivity index (χ0n) is 12.9. The topological polar surface area (TPSA) is 47.1 Å². The SMILES string of the molecule is CCC1CCN(c2c(CN)c(C)nn2-c2ccccc2)C1. The number of hydrogen-bond donors (Lipinski definition) is 1. The molecule has 1 aromatic carbocycles. The Kier molecular flexibility index (Phi) is 3.97. The van der Waals surface area contributed by atoms with Crippen molar-refractivity contribution in [3.8, 4) is 5.69 Å². The summed E-state index contributed by atoms with van der Waals surface area (Å²) < 4.78 is 2.07. The summed E-state index contributed by atoms with van der Waals surface area (Å²) in [6.45, 7) is 7.09. The molecule has 1 saturated heterocycles. The highest BCUT2D eigenvalue weighted by molar-refractivity contribution is 5.56. The number of anilines is 1. The number of nitrogens with zero attached hydrogens (tertiary/aromatic N) is 3. The lowest BCUT2D eigenvalue weighted by atomic mass is 10.1. The van der Waals surface area contributed by atoms with Crippen LogP contribution >= 0.6 is 0 Å². The molecule has 1 aliphatic heterocycles. The van der Waals surface area contributed by atoms with E-state index in [9.17, 15) is 0 Å². The maximum absolute atomic E-state index is 6.00. The van der Waals surface area contributed by atoms with Gasteiger partial charge in [-0.2, -0.15) is 5.10 Å². The molecule has 4 heteroatoms. The quantitative estimate of drug-likeness (QED) is 0.939. The first-order valence-electron chi connectivity index (χ1n) is 7.83. The van der Waals surface area contributed by atoms with E-state index < -0.39 is 0 Å². The first-order chi connectivity index (χ1) is 10.2. The van der Waals surface area contributed by atoms with E-state index in [4.69, 9.17) is 10.8 Å². The van der Waals surface area contributed by atoms with Gasteiger partial charge in [0.05, 0.1) is 11.4 Å². The molecule has 1 fully saturated rings. The minimum Gasteiger partial charge on any atom is -0.356 e. The van der Waals surface area contributed by atoms with Crippen LogP contribution in [0.1, 0.15) is 31.0 Å². The fourth-order valence-corrected chi connectivity index (χ4v) is 3.22. The van der Waals surface area contributed by atoms with Crippen LogP contribution in [-0.4, -0.2) is 22.9 Å². The molecule has 3 rings (SSSR count). The fraction of sp³-hybridized carbons (Fsp3) is 0.471. The smallest absolute Gasteiger partial charge is 0.137 e. The van der Waals surface area contributed by atoms with Crippen LogP contribution in [0.4, 0.5) is 5.82 Å². The molecule has 0 aliphatic carbocycles. The van der Waals surface area contributed by atoms with Crippen LogP contribution in [0.25, 0.3) is 5.69 Å². The van der Waals surface area contributed by atoms with E-state index in [1.54, 1.807) is 0 Å². The Labute approximate surface area is 126 Å². The fourth-order valence-electron chi connectivity index (χ4n) is 3.22. The molecule has 1 aliphatic rings. The van der Waals surface area contributed by atoms with Gasteiger partial charge in [0.25, 0.3) is 0 Å². The lowest BCUT2D eigenvalue weighted by Crippen LogP contribution is -2.24. The predicted octanol–water partition coefficient (Wildman–Crippen LogP) is 2.88. The van der Waals surface area contributed by atoms with Gasteiger partial charge < -0.3 is 10.6 Å². The van der Waals surface area contributed by atoms with Crippen LogP contribution in [0.15, 0.2) is 30.3 Å². The molecule has 0 radical (unpaired) electrons. The number of aryl methyl sites for hydroxylation is 1. The van der Waals surface area contributed by atoms with Gasteiger partial charge in [-0.15, -0.1) is 0 Å². The lowest BCUT2D eigenvalue weighted by molar-refractivity contribution is 0.568. The summed E-state index contributed by atoms with van der Waals surface area (Å²) in [5.74, 6) is 1.98. The first kappa shape index (κ1) is 14.1. The summed E-state index contributed by atoms with van der Waals surface area (Å²) in [6, 6.07) is 10.3. The highest BCUT2D eigenvalue weighted by Crippen LogP contribution is 2.32. The Morgan fingerprint density at radius 2 is 2.05 bits per heavy atom. The number of hydrogen-bond acceptors (Lipinski definition) is 3. The van der Waals surface area contributed by atoms with E-state index in [1.165, 1.54) is 24.2 Å². The maximum atomic E-state index is 6.00. The van der Waals surface area contributed by atoms with Gasteiger partial charge >= 0.3 is 0 Å². The Hall–Kier alpha value is -1.81. The molecule has 2 N–H and O–H groups in total. The highest BCUT2D eigenvalue weighted by atomic mass is 15.4. The zero-order valence-corrected chi connectivity index (χ0v) is 12.9. The van der Waals surface area contributed by atoms with Gasteiger partial charge in [0.2, 0.25) is 0 Å². The van der Waals surface area contributed by atoms with Crippen molar-refractivity contribution in [3.05, 3.63) is 41.6 Å². The van der Waals surface area contributed by atoms with Crippen LogP contribution in [0.2, 0.25) is 0 Å². The van der Waals surface area contributed by atoms with Crippen LogP contribution in [-0.2, 0) is 6.54 Å². The third-order valence-corrected chi connectivity index (χ3v) is 4.52. The molecule has 21 heavy (non-hydrogen) atoms. The van der Waals surface area contributed by atoms with E-state index in [2.05, 4.69) is 47.7 Å². The summed E-state index contributed by atoms with van der Waals surface area (Å²) in [6.07, 6.45) is 2.51. The second-order valence-electron chi connectivity index (χ2n) is 5.85. The van der Waals surface area contributed by atoms with Gasteiger partial charge in [0.1, 0.15) is 5.82 Å². The van der Waals surface area contributed by atoms with Gasteiger partial charge in [-0.25, -0.2) is 4.68 Å². The molecule has 112 valence electrons. The van der Waals surface area contributed by atoms with Crippen molar-refractivity contribution in [1.29, 1.82) is 0 Å². The maximum Gasteiger partial charge on any atom is 0.137 e. The van der Waals surface area contributed by atoms with Gasteiger partial charge in [0, 0.05) is 25.2 Å². The number of rotatable bonds is 4. The Bertz CT molecular complexity index is 603. The largest absolute Gasteiger partial charge is 0.356 e. The Morgan fingerprint density at radius 3 is 2.67 bits per heavy atom.